The molecule has 3 heterocycles. The van der Waals surface area contributed by atoms with Gasteiger partial charge in [-0.3, -0.25) is 4.57 Å². The van der Waals surface area contributed by atoms with E-state index in [-0.39, 0.29) is 5.41 Å². The number of nitrogens with zero attached hydrogens (tertiary/aromatic N) is 2. The number of pyridine rings is 1. The summed E-state index contributed by atoms with van der Waals surface area (Å²) in [5.41, 5.74) is 10.1. The van der Waals surface area contributed by atoms with Crippen LogP contribution < -0.4 is 10.5 Å². The Balaban J connectivity index is 1.53. The highest BCUT2D eigenvalue weighted by Gasteiger charge is 2.19. The molecule has 0 spiro atoms. The van der Waals surface area contributed by atoms with Crippen LogP contribution in [0.3, 0.4) is 0 Å². The number of anilines is 1. The molecule has 5 heteroatoms. The summed E-state index contributed by atoms with van der Waals surface area (Å²) in [5.74, 6) is 2.37. The van der Waals surface area contributed by atoms with Gasteiger partial charge in [0.15, 0.2) is 0 Å². The van der Waals surface area contributed by atoms with Crippen LogP contribution in [0, 0.1) is 0 Å². The van der Waals surface area contributed by atoms with Gasteiger partial charge in [0.25, 0.3) is 0 Å². The minimum absolute atomic E-state index is 0.0106. The molecule has 0 saturated heterocycles. The molecule has 0 radical (unpaired) electrons. The van der Waals surface area contributed by atoms with E-state index in [9.17, 15) is 0 Å². The SMILES string of the molecule is CC(C)(C)c1ccnc(-n2c3cc(Oc4cccc(N)c4)ccc3c3cc4c(cc32)sc2ccccc24)c1. The van der Waals surface area contributed by atoms with E-state index in [0.29, 0.717) is 11.4 Å². The number of rotatable bonds is 3. The Morgan fingerprint density at radius 3 is 2.37 bits per heavy atom. The highest BCUT2D eigenvalue weighted by molar-refractivity contribution is 7.25. The van der Waals surface area contributed by atoms with E-state index in [1.165, 1.54) is 36.5 Å². The van der Waals surface area contributed by atoms with Crippen molar-refractivity contribution in [3.05, 3.63) is 103 Å². The van der Waals surface area contributed by atoms with Gasteiger partial charge in [0.05, 0.1) is 11.0 Å². The van der Waals surface area contributed by atoms with Crippen molar-refractivity contribution in [1.82, 2.24) is 9.55 Å². The lowest BCUT2D eigenvalue weighted by atomic mass is 9.88. The summed E-state index contributed by atoms with van der Waals surface area (Å²) in [4.78, 5) is 4.85. The van der Waals surface area contributed by atoms with Gasteiger partial charge in [0.1, 0.15) is 17.3 Å². The number of ether oxygens (including phenoxy) is 1. The summed E-state index contributed by atoms with van der Waals surface area (Å²) in [6, 6.07) is 31.4. The van der Waals surface area contributed by atoms with Crippen LogP contribution in [0.25, 0.3) is 47.8 Å². The molecule has 0 aliphatic rings. The standard InChI is InChI=1S/C33H27N3OS/c1-33(2,3)20-13-14-35-32(15-20)36-28-17-23(37-22-8-6-7-21(34)16-22)11-12-24(28)26-18-27-25-9-4-5-10-30(25)38-31(27)19-29(26)36/h4-19H,34H2,1-3H3. The fraction of sp³-hybridized carbons (Fsp3) is 0.121. The van der Waals surface area contributed by atoms with Crippen molar-refractivity contribution >= 4 is 59.0 Å². The Hall–Kier alpha value is -4.35. The molecule has 0 amide bonds. The molecule has 0 atom stereocenters. The molecule has 186 valence electrons. The fourth-order valence-corrected chi connectivity index (χ4v) is 6.37. The summed E-state index contributed by atoms with van der Waals surface area (Å²) in [5, 5.41) is 4.95. The molecule has 0 fully saturated rings. The van der Waals surface area contributed by atoms with E-state index in [2.05, 4.69) is 86.0 Å². The van der Waals surface area contributed by atoms with Gasteiger partial charge in [-0.15, -0.1) is 11.3 Å². The van der Waals surface area contributed by atoms with E-state index < -0.39 is 0 Å². The van der Waals surface area contributed by atoms with Crippen LogP contribution in [0.1, 0.15) is 26.3 Å². The number of benzene rings is 4. The van der Waals surface area contributed by atoms with Crippen LogP contribution in [-0.2, 0) is 5.41 Å². The first-order chi connectivity index (χ1) is 18.3. The second-order valence-electron chi connectivity index (χ2n) is 10.8. The molecule has 0 aliphatic carbocycles. The number of aromatic nitrogens is 2. The number of nitrogens with two attached hydrogens (primary N) is 1. The lowest BCUT2D eigenvalue weighted by Crippen LogP contribution is -2.12. The van der Waals surface area contributed by atoms with Crippen molar-refractivity contribution in [2.24, 2.45) is 0 Å². The molecule has 4 aromatic carbocycles. The summed E-state index contributed by atoms with van der Waals surface area (Å²) in [7, 11) is 0. The van der Waals surface area contributed by atoms with Gasteiger partial charge in [-0.05, 0) is 65.6 Å². The Labute approximate surface area is 224 Å². The molecule has 0 unspecified atom stereocenters. The molecule has 38 heavy (non-hydrogen) atoms. The van der Waals surface area contributed by atoms with E-state index in [0.717, 1.165) is 22.6 Å². The third-order valence-corrected chi connectivity index (χ3v) is 8.30. The van der Waals surface area contributed by atoms with Gasteiger partial charge in [0.2, 0.25) is 0 Å². The lowest BCUT2D eigenvalue weighted by Gasteiger charge is -2.20. The largest absolute Gasteiger partial charge is 0.457 e. The average molecular weight is 514 g/mol. The van der Waals surface area contributed by atoms with Crippen molar-refractivity contribution in [2.45, 2.75) is 26.2 Å². The first-order valence-corrected chi connectivity index (χ1v) is 13.6. The van der Waals surface area contributed by atoms with Crippen LogP contribution in [0.15, 0.2) is 97.2 Å². The Morgan fingerprint density at radius 1 is 0.711 bits per heavy atom. The van der Waals surface area contributed by atoms with Gasteiger partial charge >= 0.3 is 0 Å². The maximum absolute atomic E-state index is 6.24. The molecular weight excluding hydrogens is 486 g/mol. The Morgan fingerprint density at radius 2 is 1.53 bits per heavy atom. The molecule has 0 saturated carbocycles. The summed E-state index contributed by atoms with van der Waals surface area (Å²) in [6.45, 7) is 6.70. The van der Waals surface area contributed by atoms with Crippen LogP contribution in [-0.4, -0.2) is 9.55 Å². The molecule has 7 aromatic rings. The molecule has 3 aromatic heterocycles. The van der Waals surface area contributed by atoms with Crippen LogP contribution in [0.2, 0.25) is 0 Å². The number of thiophene rings is 1. The maximum atomic E-state index is 6.24. The van der Waals surface area contributed by atoms with Gasteiger partial charge in [-0.2, -0.15) is 0 Å². The fourth-order valence-electron chi connectivity index (χ4n) is 5.25. The van der Waals surface area contributed by atoms with E-state index >= 15 is 0 Å². The normalized spacial score (nSPS) is 12.2. The third-order valence-electron chi connectivity index (χ3n) is 7.17. The van der Waals surface area contributed by atoms with Crippen molar-refractivity contribution in [2.75, 3.05) is 5.73 Å². The maximum Gasteiger partial charge on any atom is 0.137 e. The van der Waals surface area contributed by atoms with Gasteiger partial charge in [0, 0.05) is 55.0 Å². The number of hydrogen-bond acceptors (Lipinski definition) is 4. The van der Waals surface area contributed by atoms with E-state index in [1.807, 2.05) is 47.9 Å². The predicted octanol–water partition coefficient (Wildman–Crippen LogP) is 9.22. The van der Waals surface area contributed by atoms with Gasteiger partial charge < -0.3 is 10.5 Å². The summed E-state index contributed by atoms with van der Waals surface area (Å²) >= 11 is 1.83. The first-order valence-electron chi connectivity index (χ1n) is 12.7. The second kappa shape index (κ2) is 8.33. The zero-order valence-corrected chi connectivity index (χ0v) is 22.3. The minimum atomic E-state index is 0.0106. The molecular formula is C33H27N3OS. The highest BCUT2D eigenvalue weighted by Crippen LogP contribution is 2.41. The van der Waals surface area contributed by atoms with Crippen molar-refractivity contribution < 1.29 is 4.74 Å². The summed E-state index contributed by atoms with van der Waals surface area (Å²) in [6.07, 6.45) is 1.92. The third kappa shape index (κ3) is 3.70. The average Bonchev–Trinajstić information content (AvgIpc) is 3.41. The Bertz CT molecular complexity index is 2010. The number of hydrogen-bond donors (Lipinski definition) is 1. The second-order valence-corrected chi connectivity index (χ2v) is 11.9. The molecule has 7 rings (SSSR count). The van der Waals surface area contributed by atoms with E-state index in [4.69, 9.17) is 15.5 Å². The topological polar surface area (TPSA) is 53.1 Å². The summed E-state index contributed by atoms with van der Waals surface area (Å²) < 4.78 is 11.1. The molecule has 0 aliphatic heterocycles. The van der Waals surface area contributed by atoms with Crippen molar-refractivity contribution in [3.63, 3.8) is 0 Å². The molecule has 4 nitrogen and oxygen atoms in total. The van der Waals surface area contributed by atoms with Crippen molar-refractivity contribution in [3.8, 4) is 17.3 Å². The van der Waals surface area contributed by atoms with Crippen molar-refractivity contribution in [1.29, 1.82) is 0 Å². The van der Waals surface area contributed by atoms with Crippen LogP contribution >= 0.6 is 11.3 Å². The number of nitrogen functional groups attached to an aromatic ring is 1. The first kappa shape index (κ1) is 22.8. The highest BCUT2D eigenvalue weighted by atomic mass is 32.1. The zero-order chi connectivity index (χ0) is 26.0. The van der Waals surface area contributed by atoms with Crippen LogP contribution in [0.4, 0.5) is 5.69 Å². The van der Waals surface area contributed by atoms with E-state index in [1.54, 1.807) is 0 Å². The smallest absolute Gasteiger partial charge is 0.137 e. The van der Waals surface area contributed by atoms with Gasteiger partial charge in [-0.25, -0.2) is 4.98 Å². The quantitative estimate of drug-likeness (QED) is 0.240. The van der Waals surface area contributed by atoms with Gasteiger partial charge in [-0.1, -0.05) is 45.0 Å². The molecule has 2 N–H and O–H groups in total. The monoisotopic (exact) mass is 513 g/mol. The lowest BCUT2D eigenvalue weighted by molar-refractivity contribution is 0.483. The predicted molar refractivity (Wildman–Crippen MR) is 161 cm³/mol. The zero-order valence-electron chi connectivity index (χ0n) is 21.5. The van der Waals surface area contributed by atoms with Crippen LogP contribution in [0.5, 0.6) is 11.5 Å². The molecule has 0 bridgehead atoms. The number of fused-ring (bicyclic) bond motifs is 6. The minimum Gasteiger partial charge on any atom is -0.457 e. The Kier molecular flexibility index (Phi) is 5.00.